The average Bonchev–Trinajstić information content (AvgIpc) is 3.24. The van der Waals surface area contributed by atoms with E-state index >= 15 is 0 Å². The summed E-state index contributed by atoms with van der Waals surface area (Å²) in [5, 5.41) is 8.31. The van der Waals surface area contributed by atoms with Crippen LogP contribution in [-0.2, 0) is 11.0 Å². The van der Waals surface area contributed by atoms with E-state index in [1.54, 1.807) is 6.20 Å². The summed E-state index contributed by atoms with van der Waals surface area (Å²) in [5.41, 5.74) is 4.09. The number of aryl methyl sites for hydroxylation is 1. The number of ketones is 1. The number of carbonyl (C=O) groups excluding carboxylic acids is 1. The quantitative estimate of drug-likeness (QED) is 0.419. The SMILES string of the molecule is CCC(CC)(CC(=O)c1cnn2c1N[C@H](c1ccccc1)CC2(C)C)c1ccc(C)cc1. The van der Waals surface area contributed by atoms with E-state index in [2.05, 4.69) is 93.6 Å². The Morgan fingerprint density at radius 2 is 1.75 bits per heavy atom. The minimum atomic E-state index is -0.177. The predicted molar refractivity (Wildman–Crippen MR) is 131 cm³/mol. The number of benzene rings is 2. The number of anilines is 1. The zero-order chi connectivity index (χ0) is 22.9. The Labute approximate surface area is 192 Å². The van der Waals surface area contributed by atoms with Crippen LogP contribution in [0.5, 0.6) is 0 Å². The predicted octanol–water partition coefficient (Wildman–Crippen LogP) is 6.81. The van der Waals surface area contributed by atoms with Gasteiger partial charge in [-0.15, -0.1) is 0 Å². The van der Waals surface area contributed by atoms with Gasteiger partial charge in [0, 0.05) is 11.8 Å². The first-order valence-corrected chi connectivity index (χ1v) is 11.8. The van der Waals surface area contributed by atoms with Gasteiger partial charge < -0.3 is 5.32 Å². The number of hydrogen-bond acceptors (Lipinski definition) is 3. The maximum absolute atomic E-state index is 13.7. The van der Waals surface area contributed by atoms with Crippen LogP contribution >= 0.6 is 0 Å². The van der Waals surface area contributed by atoms with Crippen molar-refractivity contribution in [1.29, 1.82) is 0 Å². The zero-order valence-electron chi connectivity index (χ0n) is 20.0. The molecule has 1 aliphatic heterocycles. The molecule has 1 aliphatic rings. The van der Waals surface area contributed by atoms with Crippen molar-refractivity contribution in [3.8, 4) is 0 Å². The van der Waals surface area contributed by atoms with Gasteiger partial charge in [-0.3, -0.25) is 4.79 Å². The Morgan fingerprint density at radius 1 is 1.09 bits per heavy atom. The molecule has 0 saturated heterocycles. The van der Waals surface area contributed by atoms with E-state index in [0.29, 0.717) is 12.0 Å². The molecule has 2 heterocycles. The largest absolute Gasteiger partial charge is 0.363 e. The van der Waals surface area contributed by atoms with Gasteiger partial charge in [0.25, 0.3) is 0 Å². The van der Waals surface area contributed by atoms with Crippen LogP contribution in [0.1, 0.15) is 86.5 Å². The molecule has 1 aromatic heterocycles. The molecule has 0 amide bonds. The standard InChI is InChI=1S/C28H35N3O/c1-6-28(7-2,22-15-13-20(3)14-16-22)18-25(32)23-19-29-31-26(23)30-24(17-27(31,4)5)21-11-9-8-10-12-21/h8-16,19,24,30H,6-7,17-18H2,1-5H3/t24-/m0/s1. The molecule has 0 spiro atoms. The van der Waals surface area contributed by atoms with Crippen molar-refractivity contribution in [3.05, 3.63) is 83.0 Å². The van der Waals surface area contributed by atoms with Gasteiger partial charge in [0.05, 0.1) is 23.3 Å². The normalized spacial score (nSPS) is 17.5. The van der Waals surface area contributed by atoms with E-state index in [1.807, 2.05) is 10.7 Å². The Morgan fingerprint density at radius 3 is 2.38 bits per heavy atom. The molecule has 3 aromatic rings. The van der Waals surface area contributed by atoms with E-state index in [-0.39, 0.29) is 22.8 Å². The van der Waals surface area contributed by atoms with Crippen LogP contribution in [0.2, 0.25) is 0 Å². The summed E-state index contributed by atoms with van der Waals surface area (Å²) in [6.07, 6.45) is 5.02. The van der Waals surface area contributed by atoms with Crippen molar-refractivity contribution < 1.29 is 4.79 Å². The second-order valence-electron chi connectivity index (χ2n) is 9.90. The number of hydrogen-bond donors (Lipinski definition) is 1. The lowest BCUT2D eigenvalue weighted by Gasteiger charge is -2.38. The highest BCUT2D eigenvalue weighted by Crippen LogP contribution is 2.42. The van der Waals surface area contributed by atoms with Gasteiger partial charge in [-0.2, -0.15) is 5.10 Å². The Balaban J connectivity index is 1.67. The first kappa shape index (κ1) is 22.3. The number of carbonyl (C=O) groups is 1. The first-order chi connectivity index (χ1) is 15.3. The molecular weight excluding hydrogens is 394 g/mol. The van der Waals surface area contributed by atoms with E-state index in [1.165, 1.54) is 16.7 Å². The molecule has 0 bridgehead atoms. The molecule has 0 radical (unpaired) electrons. The van der Waals surface area contributed by atoms with Gasteiger partial charge in [-0.25, -0.2) is 4.68 Å². The summed E-state index contributed by atoms with van der Waals surface area (Å²) >= 11 is 0. The molecule has 4 rings (SSSR count). The monoisotopic (exact) mass is 429 g/mol. The van der Waals surface area contributed by atoms with Gasteiger partial charge in [0.1, 0.15) is 5.82 Å². The second-order valence-corrected chi connectivity index (χ2v) is 9.90. The fourth-order valence-corrected chi connectivity index (χ4v) is 5.16. The van der Waals surface area contributed by atoms with Crippen molar-refractivity contribution in [3.63, 3.8) is 0 Å². The van der Waals surface area contributed by atoms with Crippen molar-refractivity contribution >= 4 is 11.6 Å². The van der Waals surface area contributed by atoms with Gasteiger partial charge in [-0.05, 0) is 51.2 Å². The molecule has 4 nitrogen and oxygen atoms in total. The fourth-order valence-electron chi connectivity index (χ4n) is 5.16. The molecule has 0 fully saturated rings. The second kappa shape index (κ2) is 8.57. The maximum Gasteiger partial charge on any atom is 0.169 e. The number of nitrogens with zero attached hydrogens (tertiary/aromatic N) is 2. The first-order valence-electron chi connectivity index (χ1n) is 11.8. The van der Waals surface area contributed by atoms with Crippen LogP contribution in [0.25, 0.3) is 0 Å². The van der Waals surface area contributed by atoms with Crippen molar-refractivity contribution in [1.82, 2.24) is 9.78 Å². The molecule has 2 aromatic carbocycles. The van der Waals surface area contributed by atoms with Crippen LogP contribution in [0, 0.1) is 6.92 Å². The van der Waals surface area contributed by atoms with E-state index in [4.69, 9.17) is 0 Å². The molecule has 4 heteroatoms. The average molecular weight is 430 g/mol. The summed E-state index contributed by atoms with van der Waals surface area (Å²) in [6.45, 7) is 10.9. The summed E-state index contributed by atoms with van der Waals surface area (Å²) in [6, 6.07) is 19.3. The smallest absolute Gasteiger partial charge is 0.169 e. The molecule has 32 heavy (non-hydrogen) atoms. The van der Waals surface area contributed by atoms with E-state index in [9.17, 15) is 4.79 Å². The lowest BCUT2D eigenvalue weighted by molar-refractivity contribution is 0.0944. The number of aromatic nitrogens is 2. The maximum atomic E-state index is 13.7. The number of rotatable bonds is 7. The number of fused-ring (bicyclic) bond motifs is 1. The number of Topliss-reactive ketones (excluding diaryl/α,β-unsaturated/α-hetero) is 1. The number of nitrogens with one attached hydrogen (secondary N) is 1. The van der Waals surface area contributed by atoms with E-state index < -0.39 is 0 Å². The highest BCUT2D eigenvalue weighted by molar-refractivity contribution is 6.01. The highest BCUT2D eigenvalue weighted by atomic mass is 16.1. The minimum absolute atomic E-state index is 0.154. The van der Waals surface area contributed by atoms with Crippen molar-refractivity contribution in [2.75, 3.05) is 5.32 Å². The summed E-state index contributed by atoms with van der Waals surface area (Å²) in [7, 11) is 0. The van der Waals surface area contributed by atoms with Crippen molar-refractivity contribution in [2.45, 2.75) is 77.3 Å². The summed E-state index contributed by atoms with van der Waals surface area (Å²) in [4.78, 5) is 13.7. The third kappa shape index (κ3) is 3.99. The van der Waals surface area contributed by atoms with Gasteiger partial charge >= 0.3 is 0 Å². The Bertz CT molecular complexity index is 1080. The zero-order valence-corrected chi connectivity index (χ0v) is 20.0. The minimum Gasteiger partial charge on any atom is -0.363 e. The van der Waals surface area contributed by atoms with Gasteiger partial charge in [0.15, 0.2) is 5.78 Å². The Kier molecular flexibility index (Phi) is 5.98. The van der Waals surface area contributed by atoms with Gasteiger partial charge in [0.2, 0.25) is 0 Å². The van der Waals surface area contributed by atoms with Crippen LogP contribution in [-0.4, -0.2) is 15.6 Å². The lowest BCUT2D eigenvalue weighted by atomic mass is 9.71. The topological polar surface area (TPSA) is 46.9 Å². The molecule has 1 N–H and O–H groups in total. The fraction of sp³-hybridized carbons (Fsp3) is 0.429. The molecule has 0 aliphatic carbocycles. The van der Waals surface area contributed by atoms with Crippen LogP contribution in [0.15, 0.2) is 60.8 Å². The van der Waals surface area contributed by atoms with Crippen LogP contribution in [0.3, 0.4) is 0 Å². The van der Waals surface area contributed by atoms with Gasteiger partial charge in [-0.1, -0.05) is 74.0 Å². The summed E-state index contributed by atoms with van der Waals surface area (Å²) < 4.78 is 2.01. The highest BCUT2D eigenvalue weighted by Gasteiger charge is 2.38. The van der Waals surface area contributed by atoms with Crippen LogP contribution < -0.4 is 5.32 Å². The Hall–Kier alpha value is -2.88. The van der Waals surface area contributed by atoms with Crippen molar-refractivity contribution in [2.24, 2.45) is 0 Å². The summed E-state index contributed by atoms with van der Waals surface area (Å²) in [5.74, 6) is 1.01. The molecule has 0 unspecified atom stereocenters. The third-order valence-electron chi connectivity index (χ3n) is 7.38. The molecule has 1 atom stereocenters. The van der Waals surface area contributed by atoms with Crippen LogP contribution in [0.4, 0.5) is 5.82 Å². The molecule has 0 saturated carbocycles. The molecule has 168 valence electrons. The van der Waals surface area contributed by atoms with E-state index in [0.717, 1.165) is 25.1 Å². The molecular formula is C28H35N3O. The lowest BCUT2D eigenvalue weighted by Crippen LogP contribution is -2.38. The third-order valence-corrected chi connectivity index (χ3v) is 7.38.